The van der Waals surface area contributed by atoms with Crippen molar-refractivity contribution in [2.75, 3.05) is 32.1 Å². The fraction of sp³-hybridized carbons (Fsp3) is 0.591. The van der Waals surface area contributed by atoms with E-state index in [1.807, 2.05) is 13.8 Å². The average Bonchev–Trinajstić information content (AvgIpc) is 2.76. The number of hydrogen-bond acceptors (Lipinski definition) is 5. The van der Waals surface area contributed by atoms with Crippen molar-refractivity contribution < 1.29 is 23.9 Å². The van der Waals surface area contributed by atoms with Crippen molar-refractivity contribution in [3.63, 3.8) is 0 Å². The molecule has 8 nitrogen and oxygen atoms in total. The van der Waals surface area contributed by atoms with Gasteiger partial charge in [0.15, 0.2) is 0 Å². The number of nitrogens with one attached hydrogen (secondary N) is 2. The third-order valence-electron chi connectivity index (χ3n) is 5.45. The van der Waals surface area contributed by atoms with Gasteiger partial charge in [-0.3, -0.25) is 9.59 Å². The maximum absolute atomic E-state index is 13.2. The molecular formula is C22H33N3O5. The Bertz CT molecular complexity index is 739. The van der Waals surface area contributed by atoms with Crippen LogP contribution in [0, 0.1) is 11.8 Å². The monoisotopic (exact) mass is 419 g/mol. The Hall–Kier alpha value is -2.77. The molecule has 1 fully saturated rings. The first kappa shape index (κ1) is 23.5. The smallest absolute Gasteiger partial charge is 0.319 e. The molecule has 30 heavy (non-hydrogen) atoms. The third-order valence-corrected chi connectivity index (χ3v) is 5.45. The summed E-state index contributed by atoms with van der Waals surface area (Å²) in [5, 5.41) is 5.57. The molecule has 166 valence electrons. The highest BCUT2D eigenvalue weighted by Crippen LogP contribution is 2.21. The molecule has 1 aliphatic heterocycles. The zero-order chi connectivity index (χ0) is 22.1. The predicted molar refractivity (Wildman–Crippen MR) is 114 cm³/mol. The molecule has 1 aromatic carbocycles. The van der Waals surface area contributed by atoms with Gasteiger partial charge in [-0.15, -0.1) is 0 Å². The van der Waals surface area contributed by atoms with Crippen molar-refractivity contribution in [2.24, 2.45) is 11.8 Å². The summed E-state index contributed by atoms with van der Waals surface area (Å²) < 4.78 is 10.3. The van der Waals surface area contributed by atoms with Gasteiger partial charge in [0, 0.05) is 24.8 Å². The van der Waals surface area contributed by atoms with Crippen molar-refractivity contribution >= 4 is 23.6 Å². The van der Waals surface area contributed by atoms with Crippen LogP contribution in [0.4, 0.5) is 10.5 Å². The van der Waals surface area contributed by atoms with Crippen molar-refractivity contribution in [3.8, 4) is 5.75 Å². The van der Waals surface area contributed by atoms with E-state index in [9.17, 15) is 14.4 Å². The number of carbonyl (C=O) groups excluding carboxylic acids is 3. The fourth-order valence-electron chi connectivity index (χ4n) is 3.52. The van der Waals surface area contributed by atoms with Gasteiger partial charge in [-0.2, -0.15) is 0 Å². The van der Waals surface area contributed by atoms with Gasteiger partial charge in [0.2, 0.25) is 5.91 Å². The number of carbonyl (C=O) groups is 3. The number of nitrogens with zero attached hydrogens (tertiary/aromatic N) is 1. The first-order chi connectivity index (χ1) is 14.4. The van der Waals surface area contributed by atoms with E-state index in [1.54, 1.807) is 43.2 Å². The summed E-state index contributed by atoms with van der Waals surface area (Å²) >= 11 is 0. The molecule has 0 radical (unpaired) electrons. The number of methoxy groups -OCH3 is 1. The molecule has 0 bridgehead atoms. The van der Waals surface area contributed by atoms with E-state index in [0.717, 1.165) is 12.8 Å². The van der Waals surface area contributed by atoms with Crippen LogP contribution in [0.25, 0.3) is 0 Å². The van der Waals surface area contributed by atoms with Gasteiger partial charge >= 0.3 is 12.0 Å². The molecule has 3 atom stereocenters. The summed E-state index contributed by atoms with van der Waals surface area (Å²) in [6, 6.07) is 5.87. The zero-order valence-corrected chi connectivity index (χ0v) is 18.3. The number of benzene rings is 1. The highest BCUT2D eigenvalue weighted by Gasteiger charge is 2.35. The lowest BCUT2D eigenvalue weighted by Crippen LogP contribution is -2.55. The minimum atomic E-state index is -0.679. The Kier molecular flexibility index (Phi) is 8.95. The van der Waals surface area contributed by atoms with Crippen LogP contribution in [0.2, 0.25) is 0 Å². The quantitative estimate of drug-likeness (QED) is 0.632. The van der Waals surface area contributed by atoms with Crippen molar-refractivity contribution in [1.82, 2.24) is 10.2 Å². The molecule has 3 unspecified atom stereocenters. The average molecular weight is 420 g/mol. The highest BCUT2D eigenvalue weighted by molar-refractivity contribution is 5.94. The number of hydrogen-bond donors (Lipinski definition) is 2. The molecule has 1 aliphatic rings. The zero-order valence-electron chi connectivity index (χ0n) is 18.3. The van der Waals surface area contributed by atoms with Crippen molar-refractivity contribution in [3.05, 3.63) is 24.3 Å². The Morgan fingerprint density at radius 2 is 2.03 bits per heavy atom. The Balaban J connectivity index is 2.05. The summed E-state index contributed by atoms with van der Waals surface area (Å²) in [5.74, 6) is -0.180. The van der Waals surface area contributed by atoms with Crippen LogP contribution in [0.3, 0.4) is 0 Å². The van der Waals surface area contributed by atoms with Crippen LogP contribution in [-0.4, -0.2) is 55.7 Å². The molecule has 2 N–H and O–H groups in total. The SMILES string of the molecule is CCOC(=O)C1CCCN(C(=O)C(NC(=O)Nc2cccc(OC)c2)C(C)CC)C1. The Morgan fingerprint density at radius 3 is 2.70 bits per heavy atom. The number of ether oxygens (including phenoxy) is 2. The number of urea groups is 1. The van der Waals surface area contributed by atoms with E-state index in [-0.39, 0.29) is 23.7 Å². The Labute approximate surface area is 178 Å². The van der Waals surface area contributed by atoms with Gasteiger partial charge in [0.25, 0.3) is 0 Å². The number of amides is 3. The number of rotatable bonds is 8. The number of likely N-dealkylation sites (tertiary alicyclic amines) is 1. The second-order valence-electron chi connectivity index (χ2n) is 7.57. The lowest BCUT2D eigenvalue weighted by Gasteiger charge is -2.35. The topological polar surface area (TPSA) is 97.0 Å². The lowest BCUT2D eigenvalue weighted by molar-refractivity contribution is -0.151. The summed E-state index contributed by atoms with van der Waals surface area (Å²) in [6.07, 6.45) is 2.17. The van der Waals surface area contributed by atoms with E-state index in [1.165, 1.54) is 0 Å². The lowest BCUT2D eigenvalue weighted by atomic mass is 9.94. The maximum Gasteiger partial charge on any atom is 0.319 e. The minimum Gasteiger partial charge on any atom is -0.497 e. The molecule has 2 rings (SSSR count). The van der Waals surface area contributed by atoms with Crippen LogP contribution in [0.15, 0.2) is 24.3 Å². The van der Waals surface area contributed by atoms with Crippen LogP contribution in [0.1, 0.15) is 40.0 Å². The second-order valence-corrected chi connectivity index (χ2v) is 7.57. The van der Waals surface area contributed by atoms with Gasteiger partial charge < -0.3 is 25.0 Å². The number of esters is 1. The standard InChI is InChI=1S/C22H33N3O5/c1-5-15(3)19(24-22(28)23-17-10-7-11-18(13-17)29-4)20(26)25-12-8-9-16(14-25)21(27)30-6-2/h7,10-11,13,15-16,19H,5-6,8-9,12,14H2,1-4H3,(H2,23,24,28). The molecule has 0 aliphatic carbocycles. The molecule has 8 heteroatoms. The van der Waals surface area contributed by atoms with E-state index in [0.29, 0.717) is 37.6 Å². The summed E-state index contributed by atoms with van der Waals surface area (Å²) in [5.41, 5.74) is 0.572. The largest absolute Gasteiger partial charge is 0.497 e. The van der Waals surface area contributed by atoms with Crippen molar-refractivity contribution in [2.45, 2.75) is 46.1 Å². The van der Waals surface area contributed by atoms with Gasteiger partial charge in [0.1, 0.15) is 11.8 Å². The van der Waals surface area contributed by atoms with Gasteiger partial charge in [-0.05, 0) is 37.8 Å². The predicted octanol–water partition coefficient (Wildman–Crippen LogP) is 3.03. The fourth-order valence-corrected chi connectivity index (χ4v) is 3.52. The molecule has 0 aromatic heterocycles. The number of anilines is 1. The van der Waals surface area contributed by atoms with Crippen LogP contribution in [0.5, 0.6) is 5.75 Å². The van der Waals surface area contributed by atoms with Crippen LogP contribution >= 0.6 is 0 Å². The van der Waals surface area contributed by atoms with Gasteiger partial charge in [-0.25, -0.2) is 4.79 Å². The second kappa shape index (κ2) is 11.4. The van der Waals surface area contributed by atoms with E-state index >= 15 is 0 Å². The first-order valence-electron chi connectivity index (χ1n) is 10.6. The van der Waals surface area contributed by atoms with Crippen LogP contribution < -0.4 is 15.4 Å². The third kappa shape index (κ3) is 6.37. The first-order valence-corrected chi connectivity index (χ1v) is 10.6. The van der Waals surface area contributed by atoms with Gasteiger partial charge in [0.05, 0.1) is 19.6 Å². The van der Waals surface area contributed by atoms with Crippen molar-refractivity contribution in [1.29, 1.82) is 0 Å². The molecular weight excluding hydrogens is 386 g/mol. The molecule has 1 aromatic rings. The normalized spacial score (nSPS) is 18.1. The summed E-state index contributed by atoms with van der Waals surface area (Å²) in [7, 11) is 1.55. The summed E-state index contributed by atoms with van der Waals surface area (Å²) in [4.78, 5) is 39.6. The molecule has 0 spiro atoms. The van der Waals surface area contributed by atoms with E-state index in [4.69, 9.17) is 9.47 Å². The summed E-state index contributed by atoms with van der Waals surface area (Å²) in [6.45, 7) is 6.90. The van der Waals surface area contributed by atoms with E-state index < -0.39 is 12.1 Å². The minimum absolute atomic E-state index is 0.0588. The maximum atomic E-state index is 13.2. The number of piperidine rings is 1. The van der Waals surface area contributed by atoms with Gasteiger partial charge in [-0.1, -0.05) is 26.3 Å². The Morgan fingerprint density at radius 1 is 1.27 bits per heavy atom. The molecule has 1 heterocycles. The van der Waals surface area contributed by atoms with Crippen LogP contribution in [-0.2, 0) is 14.3 Å². The molecule has 3 amide bonds. The molecule has 0 saturated carbocycles. The highest BCUT2D eigenvalue weighted by atomic mass is 16.5. The van der Waals surface area contributed by atoms with E-state index in [2.05, 4.69) is 10.6 Å². The molecule has 1 saturated heterocycles.